The summed E-state index contributed by atoms with van der Waals surface area (Å²) in [6.45, 7) is 2.62. The molecule has 3 aromatic rings. The highest BCUT2D eigenvalue weighted by Crippen LogP contribution is 2.19. The van der Waals surface area contributed by atoms with Gasteiger partial charge in [0, 0.05) is 42.9 Å². The fourth-order valence-corrected chi connectivity index (χ4v) is 3.00. The van der Waals surface area contributed by atoms with Crippen LogP contribution in [0.1, 0.15) is 5.69 Å². The third-order valence-corrected chi connectivity index (χ3v) is 4.57. The molecule has 0 amide bonds. The van der Waals surface area contributed by atoms with Gasteiger partial charge in [-0.15, -0.1) is 6.42 Å². The smallest absolute Gasteiger partial charge is 0.213 e. The summed E-state index contributed by atoms with van der Waals surface area (Å²) in [6.07, 6.45) is 5.50. The molecule has 1 aromatic heterocycles. The number of aryl methyl sites for hydroxylation is 1. The van der Waals surface area contributed by atoms with Crippen LogP contribution in [0.3, 0.4) is 0 Å². The fraction of sp³-hybridized carbons (Fsp3) is 0.143. The molecule has 0 aliphatic rings. The zero-order chi connectivity index (χ0) is 17.8. The van der Waals surface area contributed by atoms with Crippen LogP contribution in [0.2, 0.25) is 0 Å². The molecule has 124 valence electrons. The molecule has 0 atom stereocenters. The van der Waals surface area contributed by atoms with Crippen LogP contribution in [-0.2, 0) is 6.54 Å². The van der Waals surface area contributed by atoms with Crippen LogP contribution in [0.5, 0.6) is 0 Å². The van der Waals surface area contributed by atoms with Crippen LogP contribution in [0.15, 0.2) is 60.7 Å². The van der Waals surface area contributed by atoms with E-state index in [-0.39, 0.29) is 0 Å². The standard InChI is InChI=1S/C21H19N3S/c1-4-14-24-16(2)10-11-17-15-18(12-13-20(17)24)22-21(25)23(3)19-8-6-5-7-9-19/h1,5-13,15H,14H2,2-3H3/p+1. The predicted octanol–water partition coefficient (Wildman–Crippen LogP) is 3.90. The summed E-state index contributed by atoms with van der Waals surface area (Å²) in [4.78, 5) is 1.95. The molecule has 4 heteroatoms. The van der Waals surface area contributed by atoms with E-state index in [1.54, 1.807) is 0 Å². The quantitative estimate of drug-likeness (QED) is 0.441. The molecule has 0 spiro atoms. The molecular weight excluding hydrogens is 326 g/mol. The van der Waals surface area contributed by atoms with Crippen molar-refractivity contribution < 1.29 is 4.57 Å². The Labute approximate surface area is 153 Å². The molecule has 0 saturated carbocycles. The highest BCUT2D eigenvalue weighted by Gasteiger charge is 2.13. The molecular formula is C21H20N3S+. The van der Waals surface area contributed by atoms with Crippen molar-refractivity contribution in [2.45, 2.75) is 13.5 Å². The van der Waals surface area contributed by atoms with E-state index in [1.807, 2.05) is 48.3 Å². The average Bonchev–Trinajstić information content (AvgIpc) is 2.64. The lowest BCUT2D eigenvalue weighted by molar-refractivity contribution is -0.664. The number of fused-ring (bicyclic) bond motifs is 1. The zero-order valence-electron chi connectivity index (χ0n) is 14.4. The number of pyridine rings is 1. The van der Waals surface area contributed by atoms with Crippen molar-refractivity contribution >= 4 is 39.6 Å². The summed E-state index contributed by atoms with van der Waals surface area (Å²) >= 11 is 5.53. The van der Waals surface area contributed by atoms with Gasteiger partial charge < -0.3 is 10.2 Å². The van der Waals surface area contributed by atoms with Gasteiger partial charge in [0.2, 0.25) is 12.1 Å². The van der Waals surface area contributed by atoms with Crippen molar-refractivity contribution in [2.24, 2.45) is 0 Å². The number of benzene rings is 2. The summed E-state index contributed by atoms with van der Waals surface area (Å²) in [7, 11) is 1.95. The maximum atomic E-state index is 5.53. The van der Waals surface area contributed by atoms with Crippen LogP contribution in [0.25, 0.3) is 10.9 Å². The number of hydrogen-bond acceptors (Lipinski definition) is 1. The topological polar surface area (TPSA) is 19.1 Å². The Morgan fingerprint density at radius 3 is 2.64 bits per heavy atom. The van der Waals surface area contributed by atoms with E-state index < -0.39 is 0 Å². The Bertz CT molecular complexity index is 958. The van der Waals surface area contributed by atoms with E-state index in [0.29, 0.717) is 11.7 Å². The Morgan fingerprint density at radius 2 is 1.92 bits per heavy atom. The first-order valence-corrected chi connectivity index (χ1v) is 8.47. The predicted molar refractivity (Wildman–Crippen MR) is 109 cm³/mol. The van der Waals surface area contributed by atoms with Gasteiger partial charge in [-0.3, -0.25) is 0 Å². The molecule has 0 aliphatic heterocycles. The van der Waals surface area contributed by atoms with E-state index in [0.717, 1.165) is 28.0 Å². The monoisotopic (exact) mass is 346 g/mol. The normalized spacial score (nSPS) is 10.3. The van der Waals surface area contributed by atoms with Crippen molar-refractivity contribution in [3.8, 4) is 12.3 Å². The second kappa shape index (κ2) is 7.33. The molecule has 1 heterocycles. The number of anilines is 2. The molecule has 3 rings (SSSR count). The summed E-state index contributed by atoms with van der Waals surface area (Å²) in [5.74, 6) is 2.72. The van der Waals surface area contributed by atoms with Crippen molar-refractivity contribution in [1.82, 2.24) is 0 Å². The second-order valence-electron chi connectivity index (χ2n) is 5.86. The van der Waals surface area contributed by atoms with E-state index >= 15 is 0 Å². The molecule has 0 radical (unpaired) electrons. The van der Waals surface area contributed by atoms with Crippen LogP contribution in [0, 0.1) is 19.3 Å². The number of hydrogen-bond donors (Lipinski definition) is 1. The molecule has 1 N–H and O–H groups in total. The summed E-state index contributed by atoms with van der Waals surface area (Å²) in [6, 6.07) is 20.4. The molecule has 3 nitrogen and oxygen atoms in total. The minimum atomic E-state index is 0.561. The zero-order valence-corrected chi connectivity index (χ0v) is 15.2. The van der Waals surface area contributed by atoms with Gasteiger partial charge in [-0.1, -0.05) is 18.2 Å². The van der Waals surface area contributed by atoms with E-state index in [4.69, 9.17) is 18.6 Å². The fourth-order valence-electron chi connectivity index (χ4n) is 2.78. The van der Waals surface area contributed by atoms with Gasteiger partial charge in [-0.2, -0.15) is 4.57 Å². The average molecular weight is 346 g/mol. The lowest BCUT2D eigenvalue weighted by atomic mass is 10.1. The minimum Gasteiger partial charge on any atom is -0.332 e. The van der Waals surface area contributed by atoms with Crippen LogP contribution >= 0.6 is 12.2 Å². The molecule has 0 unspecified atom stereocenters. The van der Waals surface area contributed by atoms with E-state index in [2.05, 4.69) is 47.0 Å². The second-order valence-corrected chi connectivity index (χ2v) is 6.25. The van der Waals surface area contributed by atoms with Gasteiger partial charge in [-0.25, -0.2) is 0 Å². The molecule has 0 bridgehead atoms. The number of aromatic nitrogens is 1. The Balaban J connectivity index is 1.86. The lowest BCUT2D eigenvalue weighted by Gasteiger charge is -2.21. The highest BCUT2D eigenvalue weighted by molar-refractivity contribution is 7.80. The Kier molecular flexibility index (Phi) is 4.97. The van der Waals surface area contributed by atoms with Gasteiger partial charge in [0.25, 0.3) is 0 Å². The third-order valence-electron chi connectivity index (χ3n) is 4.20. The van der Waals surface area contributed by atoms with Crippen LogP contribution in [0.4, 0.5) is 11.4 Å². The van der Waals surface area contributed by atoms with Gasteiger partial charge in [0.05, 0.1) is 0 Å². The van der Waals surface area contributed by atoms with E-state index in [1.165, 1.54) is 0 Å². The lowest BCUT2D eigenvalue weighted by Crippen LogP contribution is -2.37. The number of rotatable bonds is 3. The first kappa shape index (κ1) is 16.9. The number of thiocarbonyl (C=S) groups is 1. The highest BCUT2D eigenvalue weighted by atomic mass is 32.1. The Hall–Kier alpha value is -2.90. The van der Waals surface area contributed by atoms with E-state index in [9.17, 15) is 0 Å². The van der Waals surface area contributed by atoms with Gasteiger partial charge in [0.1, 0.15) is 0 Å². The van der Waals surface area contributed by atoms with Gasteiger partial charge in [0.15, 0.2) is 10.8 Å². The number of nitrogens with zero attached hydrogens (tertiary/aromatic N) is 2. The van der Waals surface area contributed by atoms with Crippen molar-refractivity contribution in [1.29, 1.82) is 0 Å². The van der Waals surface area contributed by atoms with Crippen LogP contribution in [-0.4, -0.2) is 12.2 Å². The SMILES string of the molecule is C#CC[n+]1c(C)ccc2cc(NC(=S)N(C)c3ccccc3)ccc21. The summed E-state index contributed by atoms with van der Waals surface area (Å²) in [5, 5.41) is 5.07. The maximum absolute atomic E-state index is 5.53. The summed E-state index contributed by atoms with van der Waals surface area (Å²) < 4.78 is 2.13. The molecule has 0 aliphatic carbocycles. The van der Waals surface area contributed by atoms with Gasteiger partial charge in [-0.05, 0) is 48.5 Å². The van der Waals surface area contributed by atoms with Crippen LogP contribution < -0.4 is 14.8 Å². The number of para-hydroxylation sites is 1. The molecule has 2 aromatic carbocycles. The first-order chi connectivity index (χ1) is 12.1. The molecule has 25 heavy (non-hydrogen) atoms. The Morgan fingerprint density at radius 1 is 1.16 bits per heavy atom. The third kappa shape index (κ3) is 3.62. The largest absolute Gasteiger partial charge is 0.332 e. The maximum Gasteiger partial charge on any atom is 0.213 e. The molecule has 0 fully saturated rings. The number of nitrogens with one attached hydrogen (secondary N) is 1. The van der Waals surface area contributed by atoms with Gasteiger partial charge >= 0.3 is 0 Å². The van der Waals surface area contributed by atoms with Crippen molar-refractivity contribution in [3.63, 3.8) is 0 Å². The number of terminal acetylenes is 1. The first-order valence-electron chi connectivity index (χ1n) is 8.06. The molecule has 0 saturated heterocycles. The summed E-state index contributed by atoms with van der Waals surface area (Å²) in [5.41, 5.74) is 4.26. The van der Waals surface area contributed by atoms with Crippen molar-refractivity contribution in [3.05, 3.63) is 66.4 Å². The van der Waals surface area contributed by atoms with Crippen molar-refractivity contribution in [2.75, 3.05) is 17.3 Å². The minimum absolute atomic E-state index is 0.561.